The van der Waals surface area contributed by atoms with Crippen molar-refractivity contribution in [1.29, 1.82) is 0 Å². The van der Waals surface area contributed by atoms with E-state index in [4.69, 9.17) is 14.2 Å². The first-order valence-corrected chi connectivity index (χ1v) is 10.8. The number of amides is 2. The number of ether oxygens (including phenoxy) is 3. The first-order valence-electron chi connectivity index (χ1n) is 10.8. The number of anilines is 2. The standard InChI is InChI=1S/C24H32N2O5/c1-5-9-13-22(27)25-18-11-10-12-19(16-18)26-24(28)17-14-20(29-6-2)23(31-8-4)21(15-17)30-7-3/h10-12,14-16H,5-9,13H2,1-4H3,(H,25,27)(H,26,28). The summed E-state index contributed by atoms with van der Waals surface area (Å²) in [7, 11) is 0. The summed E-state index contributed by atoms with van der Waals surface area (Å²) in [5.74, 6) is 1.04. The molecule has 0 unspecified atom stereocenters. The molecule has 0 spiro atoms. The Morgan fingerprint density at radius 2 is 1.39 bits per heavy atom. The maximum absolute atomic E-state index is 12.9. The van der Waals surface area contributed by atoms with Crippen molar-refractivity contribution in [2.45, 2.75) is 47.0 Å². The highest BCUT2D eigenvalue weighted by Gasteiger charge is 2.18. The van der Waals surface area contributed by atoms with Crippen LogP contribution in [0.25, 0.3) is 0 Å². The zero-order valence-electron chi connectivity index (χ0n) is 18.7. The van der Waals surface area contributed by atoms with Crippen LogP contribution in [0.1, 0.15) is 57.3 Å². The van der Waals surface area contributed by atoms with Crippen LogP contribution >= 0.6 is 0 Å². The fourth-order valence-corrected chi connectivity index (χ4v) is 2.96. The Kier molecular flexibility index (Phi) is 9.68. The predicted molar refractivity (Wildman–Crippen MR) is 122 cm³/mol. The summed E-state index contributed by atoms with van der Waals surface area (Å²) in [6.45, 7) is 8.94. The minimum Gasteiger partial charge on any atom is -0.490 e. The quantitative estimate of drug-likeness (QED) is 0.481. The number of rotatable bonds is 12. The van der Waals surface area contributed by atoms with E-state index in [9.17, 15) is 9.59 Å². The van der Waals surface area contributed by atoms with E-state index >= 15 is 0 Å². The minimum atomic E-state index is -0.320. The van der Waals surface area contributed by atoms with Crippen LogP contribution in [-0.2, 0) is 4.79 Å². The second kappa shape index (κ2) is 12.5. The lowest BCUT2D eigenvalue weighted by molar-refractivity contribution is -0.116. The van der Waals surface area contributed by atoms with Crippen LogP contribution in [-0.4, -0.2) is 31.6 Å². The van der Waals surface area contributed by atoms with E-state index in [-0.39, 0.29) is 11.8 Å². The SMILES string of the molecule is CCCCC(=O)Nc1cccc(NC(=O)c2cc(OCC)c(OCC)c(OCC)c2)c1. The summed E-state index contributed by atoms with van der Waals surface area (Å²) in [6.07, 6.45) is 2.27. The van der Waals surface area contributed by atoms with Crippen LogP contribution in [0.15, 0.2) is 36.4 Å². The number of nitrogens with one attached hydrogen (secondary N) is 2. The van der Waals surface area contributed by atoms with Gasteiger partial charge in [0.2, 0.25) is 11.7 Å². The summed E-state index contributed by atoms with van der Waals surface area (Å²) < 4.78 is 17.0. The van der Waals surface area contributed by atoms with E-state index in [0.717, 1.165) is 12.8 Å². The molecule has 0 aliphatic rings. The predicted octanol–water partition coefficient (Wildman–Crippen LogP) is 5.26. The fraction of sp³-hybridized carbons (Fsp3) is 0.417. The van der Waals surface area contributed by atoms with Crippen molar-refractivity contribution in [3.63, 3.8) is 0 Å². The van der Waals surface area contributed by atoms with Gasteiger partial charge in [-0.05, 0) is 57.5 Å². The molecule has 2 N–H and O–H groups in total. The van der Waals surface area contributed by atoms with Gasteiger partial charge in [-0.15, -0.1) is 0 Å². The van der Waals surface area contributed by atoms with Gasteiger partial charge in [0.1, 0.15) is 0 Å². The monoisotopic (exact) mass is 428 g/mol. The maximum Gasteiger partial charge on any atom is 0.255 e. The number of benzene rings is 2. The zero-order valence-corrected chi connectivity index (χ0v) is 18.7. The summed E-state index contributed by atoms with van der Waals surface area (Å²) in [5.41, 5.74) is 1.59. The molecule has 0 fully saturated rings. The number of hydrogen-bond acceptors (Lipinski definition) is 5. The smallest absolute Gasteiger partial charge is 0.255 e. The largest absolute Gasteiger partial charge is 0.490 e. The van der Waals surface area contributed by atoms with Crippen LogP contribution in [0.3, 0.4) is 0 Å². The van der Waals surface area contributed by atoms with E-state index in [2.05, 4.69) is 10.6 Å². The molecule has 0 atom stereocenters. The van der Waals surface area contributed by atoms with Gasteiger partial charge in [0.15, 0.2) is 11.5 Å². The van der Waals surface area contributed by atoms with Gasteiger partial charge < -0.3 is 24.8 Å². The highest BCUT2D eigenvalue weighted by Crippen LogP contribution is 2.39. The van der Waals surface area contributed by atoms with Crippen molar-refractivity contribution >= 4 is 23.2 Å². The van der Waals surface area contributed by atoms with Gasteiger partial charge in [-0.2, -0.15) is 0 Å². The minimum absolute atomic E-state index is 0.0421. The van der Waals surface area contributed by atoms with E-state index in [1.807, 2.05) is 27.7 Å². The van der Waals surface area contributed by atoms with Crippen molar-refractivity contribution in [3.05, 3.63) is 42.0 Å². The van der Waals surface area contributed by atoms with Crippen molar-refractivity contribution in [1.82, 2.24) is 0 Å². The van der Waals surface area contributed by atoms with E-state index in [0.29, 0.717) is 60.4 Å². The number of carbonyl (C=O) groups excluding carboxylic acids is 2. The number of hydrogen-bond donors (Lipinski definition) is 2. The highest BCUT2D eigenvalue weighted by atomic mass is 16.5. The first kappa shape index (κ1) is 24.1. The molecule has 2 aromatic carbocycles. The molecule has 0 saturated heterocycles. The molecule has 0 heterocycles. The molecule has 7 nitrogen and oxygen atoms in total. The highest BCUT2D eigenvalue weighted by molar-refractivity contribution is 6.05. The Balaban J connectivity index is 2.23. The first-order chi connectivity index (χ1) is 15.0. The van der Waals surface area contributed by atoms with E-state index in [1.54, 1.807) is 36.4 Å². The van der Waals surface area contributed by atoms with Crippen molar-refractivity contribution in [3.8, 4) is 17.2 Å². The Bertz CT molecular complexity index is 855. The molecule has 2 rings (SSSR count). The molecule has 0 aliphatic carbocycles. The summed E-state index contributed by atoms with van der Waals surface area (Å²) in [4.78, 5) is 24.9. The molecule has 7 heteroatoms. The molecule has 0 aliphatic heterocycles. The van der Waals surface area contributed by atoms with Gasteiger partial charge in [0.05, 0.1) is 19.8 Å². The lowest BCUT2D eigenvalue weighted by Gasteiger charge is -2.17. The number of carbonyl (C=O) groups is 2. The van der Waals surface area contributed by atoms with Crippen LogP contribution < -0.4 is 24.8 Å². The van der Waals surface area contributed by atoms with Crippen molar-refractivity contribution in [2.75, 3.05) is 30.5 Å². The second-order valence-electron chi connectivity index (χ2n) is 6.79. The molecule has 2 amide bonds. The molecular formula is C24H32N2O5. The molecular weight excluding hydrogens is 396 g/mol. The van der Waals surface area contributed by atoms with Crippen LogP contribution in [0.2, 0.25) is 0 Å². The fourth-order valence-electron chi connectivity index (χ4n) is 2.96. The van der Waals surface area contributed by atoms with Gasteiger partial charge >= 0.3 is 0 Å². The average molecular weight is 429 g/mol. The summed E-state index contributed by atoms with van der Waals surface area (Å²) in [5, 5.41) is 5.72. The lowest BCUT2D eigenvalue weighted by Crippen LogP contribution is -2.14. The average Bonchev–Trinajstić information content (AvgIpc) is 2.75. The third kappa shape index (κ3) is 7.20. The molecule has 31 heavy (non-hydrogen) atoms. The van der Waals surface area contributed by atoms with Gasteiger partial charge in [-0.3, -0.25) is 9.59 Å². The van der Waals surface area contributed by atoms with Gasteiger partial charge in [-0.1, -0.05) is 19.4 Å². The molecule has 0 saturated carbocycles. The van der Waals surface area contributed by atoms with Crippen LogP contribution in [0, 0.1) is 0 Å². The molecule has 0 aromatic heterocycles. The lowest BCUT2D eigenvalue weighted by atomic mass is 10.1. The normalized spacial score (nSPS) is 10.3. The van der Waals surface area contributed by atoms with E-state index < -0.39 is 0 Å². The summed E-state index contributed by atoms with van der Waals surface area (Å²) >= 11 is 0. The van der Waals surface area contributed by atoms with Gasteiger partial charge in [-0.25, -0.2) is 0 Å². The summed E-state index contributed by atoms with van der Waals surface area (Å²) in [6, 6.07) is 10.3. The van der Waals surface area contributed by atoms with Crippen LogP contribution in [0.5, 0.6) is 17.2 Å². The second-order valence-corrected chi connectivity index (χ2v) is 6.79. The van der Waals surface area contributed by atoms with Gasteiger partial charge in [0, 0.05) is 23.4 Å². The maximum atomic E-state index is 12.9. The van der Waals surface area contributed by atoms with Crippen molar-refractivity contribution in [2.24, 2.45) is 0 Å². The molecule has 0 radical (unpaired) electrons. The van der Waals surface area contributed by atoms with Crippen LogP contribution in [0.4, 0.5) is 11.4 Å². The third-order valence-corrected chi connectivity index (χ3v) is 4.33. The van der Waals surface area contributed by atoms with Gasteiger partial charge in [0.25, 0.3) is 5.91 Å². The topological polar surface area (TPSA) is 85.9 Å². The number of unbranched alkanes of at least 4 members (excludes halogenated alkanes) is 1. The molecule has 0 bridgehead atoms. The Hall–Kier alpha value is -3.22. The molecule has 2 aromatic rings. The molecule has 168 valence electrons. The Labute approximate surface area is 184 Å². The third-order valence-electron chi connectivity index (χ3n) is 4.33. The zero-order chi connectivity index (χ0) is 22.6. The van der Waals surface area contributed by atoms with Crippen molar-refractivity contribution < 1.29 is 23.8 Å². The Morgan fingerprint density at radius 3 is 1.94 bits per heavy atom. The van der Waals surface area contributed by atoms with E-state index in [1.165, 1.54) is 0 Å². The Morgan fingerprint density at radius 1 is 0.806 bits per heavy atom.